The average Bonchev–Trinajstić information content (AvgIpc) is 3.24. The molecule has 32 heavy (non-hydrogen) atoms. The van der Waals surface area contributed by atoms with Crippen molar-refractivity contribution in [3.63, 3.8) is 0 Å². The number of nitrogens with one attached hydrogen (secondary N) is 1. The van der Waals surface area contributed by atoms with Crippen LogP contribution < -0.4 is 11.3 Å². The molecule has 0 aliphatic heterocycles. The molecule has 2 aromatic heterocycles. The fourth-order valence-electron chi connectivity index (χ4n) is 4.06. The number of carbonyl (C=O) groups is 1. The molecule has 1 aromatic carbocycles. The Labute approximate surface area is 192 Å². The number of nitrogens with zero attached hydrogens (tertiary/aromatic N) is 3. The van der Waals surface area contributed by atoms with E-state index in [1.54, 1.807) is 0 Å². The third-order valence-electron chi connectivity index (χ3n) is 5.58. The predicted octanol–water partition coefficient (Wildman–Crippen LogP) is 2.38. The highest BCUT2D eigenvalue weighted by molar-refractivity contribution is 6.35. The van der Waals surface area contributed by atoms with E-state index in [1.807, 2.05) is 42.2 Å². The fourth-order valence-corrected chi connectivity index (χ4v) is 4.30. The topological polar surface area (TPSA) is 145 Å². The van der Waals surface area contributed by atoms with Crippen molar-refractivity contribution in [1.29, 1.82) is 5.53 Å². The lowest BCUT2D eigenvalue weighted by atomic mass is 9.99. The Balaban J connectivity index is 0.00000176. The van der Waals surface area contributed by atoms with Crippen LogP contribution >= 0.6 is 11.6 Å². The maximum atomic E-state index is 12.6. The molecule has 0 fully saturated rings. The number of fused-ring (bicyclic) bond motifs is 1. The van der Waals surface area contributed by atoms with Crippen molar-refractivity contribution in [1.82, 2.24) is 14.3 Å². The highest BCUT2D eigenvalue weighted by atomic mass is 35.5. The van der Waals surface area contributed by atoms with E-state index in [0.29, 0.717) is 36.8 Å². The summed E-state index contributed by atoms with van der Waals surface area (Å²) in [6.07, 6.45) is 1.32. The number of aliphatic hydroxyl groups is 1. The number of aromatic nitrogens is 3. The third-order valence-corrected chi connectivity index (χ3v) is 5.89. The van der Waals surface area contributed by atoms with Crippen LogP contribution in [0.5, 0.6) is 0 Å². The van der Waals surface area contributed by atoms with E-state index in [1.165, 1.54) is 7.11 Å². The summed E-state index contributed by atoms with van der Waals surface area (Å²) in [5.41, 5.74) is 20.7. The summed E-state index contributed by atoms with van der Waals surface area (Å²) in [7, 11) is 1.37. The molecule has 10 heteroatoms. The molecule has 174 valence electrons. The maximum absolute atomic E-state index is 12.6. The highest BCUT2D eigenvalue weighted by Gasteiger charge is 2.26. The fraction of sp³-hybridized carbons (Fsp3) is 0.455. The predicted molar refractivity (Wildman–Crippen MR) is 124 cm³/mol. The lowest BCUT2D eigenvalue weighted by Crippen LogP contribution is -2.17. The van der Waals surface area contributed by atoms with Gasteiger partial charge in [0, 0.05) is 36.2 Å². The van der Waals surface area contributed by atoms with E-state index >= 15 is 0 Å². The Morgan fingerprint density at radius 2 is 1.91 bits per heavy atom. The van der Waals surface area contributed by atoms with Gasteiger partial charge in [0.25, 0.3) is 0 Å². The van der Waals surface area contributed by atoms with Gasteiger partial charge in [-0.15, -0.1) is 0 Å². The summed E-state index contributed by atoms with van der Waals surface area (Å²) < 4.78 is 8.93. The summed E-state index contributed by atoms with van der Waals surface area (Å²) in [5, 5.41) is 15.6. The zero-order chi connectivity index (χ0) is 24.0. The van der Waals surface area contributed by atoms with Crippen molar-refractivity contribution in [2.45, 2.75) is 46.7 Å². The van der Waals surface area contributed by atoms with Crippen LogP contribution in [0.2, 0.25) is 5.02 Å². The van der Waals surface area contributed by atoms with Crippen LogP contribution in [0.15, 0.2) is 12.1 Å². The van der Waals surface area contributed by atoms with Crippen LogP contribution in [-0.2, 0) is 17.8 Å². The minimum absolute atomic E-state index is 0.0317. The number of hydrogen-bond donors (Lipinski definition) is 4. The molecule has 6 N–H and O–H groups in total. The van der Waals surface area contributed by atoms with Crippen molar-refractivity contribution in [2.75, 3.05) is 20.3 Å². The second kappa shape index (κ2) is 11.2. The molecule has 0 amide bonds. The summed E-state index contributed by atoms with van der Waals surface area (Å²) in [6, 6.07) is 3.77. The first-order valence-corrected chi connectivity index (χ1v) is 10.8. The van der Waals surface area contributed by atoms with Crippen LogP contribution in [0.3, 0.4) is 0 Å². The quantitative estimate of drug-likeness (QED) is 0.299. The number of rotatable bonds is 8. The minimum Gasteiger partial charge on any atom is -0.464 e. The Morgan fingerprint density at radius 3 is 2.50 bits per heavy atom. The number of aliphatic hydroxyl groups excluding tert-OH is 1. The van der Waals surface area contributed by atoms with Gasteiger partial charge in [-0.3, -0.25) is 4.68 Å². The average molecular weight is 464 g/mol. The zero-order valence-corrected chi connectivity index (χ0v) is 19.8. The molecule has 0 aliphatic rings. The molecular weight excluding hydrogens is 432 g/mol. The van der Waals surface area contributed by atoms with Gasteiger partial charge in [-0.2, -0.15) is 10.6 Å². The van der Waals surface area contributed by atoms with E-state index in [2.05, 4.69) is 5.53 Å². The summed E-state index contributed by atoms with van der Waals surface area (Å²) >= 11 is 6.75. The lowest BCUT2D eigenvalue weighted by molar-refractivity contribution is -0.249. The molecule has 0 spiro atoms. The number of esters is 1. The molecule has 0 radical (unpaired) electrons. The Hall–Kier alpha value is -2.75. The molecule has 3 aromatic rings. The highest BCUT2D eigenvalue weighted by Crippen LogP contribution is 2.41. The van der Waals surface area contributed by atoms with E-state index in [9.17, 15) is 9.90 Å². The van der Waals surface area contributed by atoms with Gasteiger partial charge in [0.1, 0.15) is 5.69 Å². The first-order chi connectivity index (χ1) is 15.4. The van der Waals surface area contributed by atoms with Gasteiger partial charge in [0.05, 0.1) is 23.5 Å². The van der Waals surface area contributed by atoms with Crippen LogP contribution in [0.4, 0.5) is 0 Å². The van der Waals surface area contributed by atoms with Gasteiger partial charge in [-0.25, -0.2) is 4.79 Å². The van der Waals surface area contributed by atoms with Crippen LogP contribution in [-0.4, -0.2) is 45.7 Å². The SMILES string of the molecule is COC(=O)c1c(C)c2c(-c3c(C)c(C)nn3CCCN)c(Cl)ccc2n1CCCO.N=[NH2+]. The van der Waals surface area contributed by atoms with Crippen molar-refractivity contribution >= 4 is 28.5 Å². The molecule has 0 atom stereocenters. The van der Waals surface area contributed by atoms with Gasteiger partial charge in [-0.1, -0.05) is 17.1 Å². The molecule has 0 aliphatic carbocycles. The van der Waals surface area contributed by atoms with E-state index in [-0.39, 0.29) is 6.61 Å². The smallest absolute Gasteiger partial charge is 0.354 e. The Morgan fingerprint density at radius 1 is 1.22 bits per heavy atom. The van der Waals surface area contributed by atoms with E-state index < -0.39 is 5.97 Å². The van der Waals surface area contributed by atoms with Gasteiger partial charge >= 0.3 is 5.97 Å². The molecule has 0 unspecified atom stereocenters. The summed E-state index contributed by atoms with van der Waals surface area (Å²) in [4.78, 5) is 12.6. The zero-order valence-electron chi connectivity index (χ0n) is 19.0. The third kappa shape index (κ3) is 4.55. The molecule has 3 rings (SSSR count). The molecule has 2 heterocycles. The van der Waals surface area contributed by atoms with Crippen LogP contribution in [0, 0.1) is 26.3 Å². The lowest BCUT2D eigenvalue weighted by Gasteiger charge is -2.13. The monoisotopic (exact) mass is 463 g/mol. The van der Waals surface area contributed by atoms with E-state index in [4.69, 9.17) is 32.7 Å². The minimum atomic E-state index is -0.409. The number of methoxy groups -OCH3 is 1. The molecule has 0 bridgehead atoms. The Bertz CT molecular complexity index is 1110. The molecule has 0 saturated heterocycles. The van der Waals surface area contributed by atoms with Crippen molar-refractivity contribution < 1.29 is 20.2 Å². The summed E-state index contributed by atoms with van der Waals surface area (Å²) in [6.45, 7) is 7.70. The number of halogens is 1. The summed E-state index contributed by atoms with van der Waals surface area (Å²) in [5.74, 6) is -0.409. The van der Waals surface area contributed by atoms with Crippen molar-refractivity contribution in [3.8, 4) is 11.3 Å². The number of ether oxygens (including phenoxy) is 1. The maximum Gasteiger partial charge on any atom is 0.354 e. The standard InChI is InChI=1S/C22H29ClN4O3.H2N2/c1-13-15(3)25-27(11-5-9-24)20(13)19-16(23)7-8-17-18(19)14(2)21(22(29)30-4)26(17)10-6-12-28;1-2/h7-8,28H,5-6,9-12,24H2,1-4H3;1-2H/p+1. The van der Waals surface area contributed by atoms with Gasteiger partial charge < -0.3 is 20.1 Å². The van der Waals surface area contributed by atoms with Gasteiger partial charge in [0.2, 0.25) is 0 Å². The van der Waals surface area contributed by atoms with E-state index in [0.717, 1.165) is 45.4 Å². The Kier molecular flexibility index (Phi) is 8.94. The number of benzene rings is 1. The van der Waals surface area contributed by atoms with Crippen molar-refractivity contribution in [2.24, 2.45) is 5.73 Å². The first kappa shape index (κ1) is 25.5. The molecule has 9 nitrogen and oxygen atoms in total. The van der Waals surface area contributed by atoms with Gasteiger partial charge in [-0.05, 0) is 63.4 Å². The number of aryl methyl sites for hydroxylation is 4. The number of hydrogen-bond acceptors (Lipinski definition) is 6. The second-order valence-corrected chi connectivity index (χ2v) is 7.84. The number of carbonyl (C=O) groups excluding carboxylic acids is 1. The molecule has 0 saturated carbocycles. The van der Waals surface area contributed by atoms with Crippen molar-refractivity contribution in [3.05, 3.63) is 39.7 Å². The number of nitrogens with two attached hydrogens (primary N) is 2. The largest absolute Gasteiger partial charge is 0.464 e. The molecular formula is C22H32ClN6O3+. The van der Waals surface area contributed by atoms with Gasteiger partial charge in [0.15, 0.2) is 0 Å². The first-order valence-electron chi connectivity index (χ1n) is 10.4. The normalized spacial score (nSPS) is 10.8. The van der Waals surface area contributed by atoms with Crippen LogP contribution in [0.1, 0.15) is 40.2 Å². The van der Waals surface area contributed by atoms with Crippen LogP contribution in [0.25, 0.3) is 22.2 Å². The second-order valence-electron chi connectivity index (χ2n) is 7.43.